The van der Waals surface area contributed by atoms with Gasteiger partial charge in [-0.05, 0) is 56.3 Å². The Bertz CT molecular complexity index is 885. The Balaban J connectivity index is 1.53. The number of likely N-dealkylation sites (N-methyl/N-ethyl adjacent to an activating group) is 1. The van der Waals surface area contributed by atoms with Gasteiger partial charge in [0.05, 0.1) is 19.8 Å². The Morgan fingerprint density at radius 3 is 2.55 bits per heavy atom. The summed E-state index contributed by atoms with van der Waals surface area (Å²) in [5.41, 5.74) is 1.78. The molecule has 1 N–H and O–H groups in total. The van der Waals surface area contributed by atoms with Gasteiger partial charge in [-0.2, -0.15) is 0 Å². The van der Waals surface area contributed by atoms with Crippen molar-refractivity contribution < 1.29 is 19.1 Å². The Labute approximate surface area is 187 Å². The molecule has 2 aromatic rings. The molecule has 1 unspecified atom stereocenters. The fraction of sp³-hybridized carbons (Fsp3) is 0.391. The maximum atomic E-state index is 12.7. The van der Waals surface area contributed by atoms with Crippen molar-refractivity contribution in [2.75, 3.05) is 49.6 Å². The van der Waals surface area contributed by atoms with Gasteiger partial charge in [0.2, 0.25) is 5.91 Å². The van der Waals surface area contributed by atoms with E-state index in [0.717, 1.165) is 32.0 Å². The maximum absolute atomic E-state index is 12.7. The SMILES string of the molecule is CCN(CC(=O)Nc1ccc(N2CCOCC2)cc1)C(=O)C(C)Oc1cccc(Cl)c1. The normalized spacial score (nSPS) is 14.6. The molecule has 0 radical (unpaired) electrons. The predicted octanol–water partition coefficient (Wildman–Crippen LogP) is 3.43. The number of halogens is 1. The van der Waals surface area contributed by atoms with Crippen LogP contribution in [0, 0.1) is 0 Å². The summed E-state index contributed by atoms with van der Waals surface area (Å²) in [6.45, 7) is 6.99. The number of hydrogen-bond acceptors (Lipinski definition) is 5. The Morgan fingerprint density at radius 1 is 1.19 bits per heavy atom. The van der Waals surface area contributed by atoms with E-state index >= 15 is 0 Å². The van der Waals surface area contributed by atoms with Gasteiger partial charge < -0.3 is 24.6 Å². The third-order valence-corrected chi connectivity index (χ3v) is 5.25. The number of ether oxygens (including phenoxy) is 2. The van der Waals surface area contributed by atoms with Crippen LogP contribution in [-0.4, -0.2) is 62.2 Å². The van der Waals surface area contributed by atoms with Crippen molar-refractivity contribution in [3.63, 3.8) is 0 Å². The molecule has 3 rings (SSSR count). The highest BCUT2D eigenvalue weighted by Gasteiger charge is 2.23. The molecular formula is C23H28ClN3O4. The van der Waals surface area contributed by atoms with E-state index in [1.54, 1.807) is 31.2 Å². The Hall–Kier alpha value is -2.77. The summed E-state index contributed by atoms with van der Waals surface area (Å²) in [6, 6.07) is 14.6. The molecule has 0 aliphatic carbocycles. The molecule has 0 saturated carbocycles. The Morgan fingerprint density at radius 2 is 1.90 bits per heavy atom. The first-order valence-corrected chi connectivity index (χ1v) is 10.8. The van der Waals surface area contributed by atoms with Gasteiger partial charge in [0, 0.05) is 36.0 Å². The molecule has 1 aliphatic rings. The standard InChI is InChI=1S/C23H28ClN3O4/c1-3-26(23(29)17(2)31-21-6-4-5-18(24)15-21)16-22(28)25-19-7-9-20(10-8-19)27-11-13-30-14-12-27/h4-10,15,17H,3,11-14,16H2,1-2H3,(H,25,28). The summed E-state index contributed by atoms with van der Waals surface area (Å²) in [6.07, 6.45) is -0.737. The first-order valence-electron chi connectivity index (χ1n) is 10.4. The number of morpholine rings is 1. The fourth-order valence-corrected chi connectivity index (χ4v) is 3.53. The van der Waals surface area contributed by atoms with E-state index in [2.05, 4.69) is 10.2 Å². The Kier molecular flexibility index (Phi) is 8.14. The molecule has 166 valence electrons. The largest absolute Gasteiger partial charge is 0.481 e. The van der Waals surface area contributed by atoms with Gasteiger partial charge in [-0.1, -0.05) is 17.7 Å². The molecule has 1 heterocycles. The minimum atomic E-state index is -0.737. The van der Waals surface area contributed by atoms with Gasteiger partial charge in [0.15, 0.2) is 6.10 Å². The van der Waals surface area contributed by atoms with Crippen molar-refractivity contribution in [2.24, 2.45) is 0 Å². The number of nitrogens with one attached hydrogen (secondary N) is 1. The number of nitrogens with zero attached hydrogens (tertiary/aromatic N) is 2. The van der Waals surface area contributed by atoms with E-state index in [4.69, 9.17) is 21.1 Å². The molecule has 2 amide bonds. The van der Waals surface area contributed by atoms with E-state index in [9.17, 15) is 9.59 Å². The second kappa shape index (κ2) is 11.0. The van der Waals surface area contributed by atoms with Gasteiger partial charge in [0.25, 0.3) is 5.91 Å². The number of benzene rings is 2. The van der Waals surface area contributed by atoms with Gasteiger partial charge in [-0.25, -0.2) is 0 Å². The van der Waals surface area contributed by atoms with E-state index in [1.807, 2.05) is 31.2 Å². The van der Waals surface area contributed by atoms with Gasteiger partial charge >= 0.3 is 0 Å². The van der Waals surface area contributed by atoms with Gasteiger partial charge in [-0.15, -0.1) is 0 Å². The second-order valence-electron chi connectivity index (χ2n) is 7.26. The topological polar surface area (TPSA) is 71.1 Å². The minimum absolute atomic E-state index is 0.0518. The van der Waals surface area contributed by atoms with Crippen molar-refractivity contribution in [1.29, 1.82) is 0 Å². The zero-order valence-corrected chi connectivity index (χ0v) is 18.6. The molecule has 8 heteroatoms. The summed E-state index contributed by atoms with van der Waals surface area (Å²) < 4.78 is 11.1. The number of anilines is 2. The average molecular weight is 446 g/mol. The van der Waals surface area contributed by atoms with Crippen LogP contribution in [0.2, 0.25) is 5.02 Å². The van der Waals surface area contributed by atoms with Crippen LogP contribution in [0.15, 0.2) is 48.5 Å². The van der Waals surface area contributed by atoms with Gasteiger partial charge in [-0.3, -0.25) is 9.59 Å². The lowest BCUT2D eigenvalue weighted by atomic mass is 10.2. The second-order valence-corrected chi connectivity index (χ2v) is 7.70. The number of hydrogen-bond donors (Lipinski definition) is 1. The summed E-state index contributed by atoms with van der Waals surface area (Å²) in [5, 5.41) is 3.38. The number of carbonyl (C=O) groups is 2. The van der Waals surface area contributed by atoms with Gasteiger partial charge in [0.1, 0.15) is 5.75 Å². The van der Waals surface area contributed by atoms with Crippen LogP contribution >= 0.6 is 11.6 Å². The van der Waals surface area contributed by atoms with E-state index in [-0.39, 0.29) is 18.4 Å². The van der Waals surface area contributed by atoms with Crippen LogP contribution in [0.3, 0.4) is 0 Å². The van der Waals surface area contributed by atoms with Crippen molar-refractivity contribution >= 4 is 34.8 Å². The third kappa shape index (κ3) is 6.60. The molecule has 1 fully saturated rings. The quantitative estimate of drug-likeness (QED) is 0.674. The van der Waals surface area contributed by atoms with E-state index in [0.29, 0.717) is 23.0 Å². The fourth-order valence-electron chi connectivity index (χ4n) is 3.35. The highest BCUT2D eigenvalue weighted by molar-refractivity contribution is 6.30. The minimum Gasteiger partial charge on any atom is -0.481 e. The summed E-state index contributed by atoms with van der Waals surface area (Å²) in [5.74, 6) is -0.0150. The van der Waals surface area contributed by atoms with Crippen molar-refractivity contribution in [3.05, 3.63) is 53.6 Å². The van der Waals surface area contributed by atoms with Crippen LogP contribution in [0.1, 0.15) is 13.8 Å². The molecule has 31 heavy (non-hydrogen) atoms. The lowest BCUT2D eigenvalue weighted by Crippen LogP contribution is -2.44. The highest BCUT2D eigenvalue weighted by Crippen LogP contribution is 2.20. The van der Waals surface area contributed by atoms with Crippen LogP contribution in [0.5, 0.6) is 5.75 Å². The maximum Gasteiger partial charge on any atom is 0.263 e. The lowest BCUT2D eigenvalue weighted by Gasteiger charge is -2.29. The monoisotopic (exact) mass is 445 g/mol. The lowest BCUT2D eigenvalue weighted by molar-refractivity contribution is -0.140. The van der Waals surface area contributed by atoms with Crippen LogP contribution < -0.4 is 15.0 Å². The molecule has 2 aromatic carbocycles. The van der Waals surface area contributed by atoms with Crippen LogP contribution in [0.25, 0.3) is 0 Å². The molecule has 1 aliphatic heterocycles. The zero-order valence-electron chi connectivity index (χ0n) is 17.8. The number of amides is 2. The smallest absolute Gasteiger partial charge is 0.263 e. The van der Waals surface area contributed by atoms with E-state index < -0.39 is 6.10 Å². The molecule has 7 nitrogen and oxygen atoms in total. The molecule has 1 atom stereocenters. The molecule has 0 spiro atoms. The number of carbonyl (C=O) groups excluding carboxylic acids is 2. The van der Waals surface area contributed by atoms with Crippen molar-refractivity contribution in [2.45, 2.75) is 20.0 Å². The molecular weight excluding hydrogens is 418 g/mol. The summed E-state index contributed by atoms with van der Waals surface area (Å²) in [4.78, 5) is 29.0. The summed E-state index contributed by atoms with van der Waals surface area (Å²) in [7, 11) is 0. The van der Waals surface area contributed by atoms with E-state index in [1.165, 1.54) is 4.90 Å². The zero-order chi connectivity index (χ0) is 22.2. The first kappa shape index (κ1) is 22.9. The number of rotatable bonds is 8. The molecule has 0 aromatic heterocycles. The third-order valence-electron chi connectivity index (χ3n) is 5.01. The van der Waals surface area contributed by atoms with Crippen molar-refractivity contribution in [3.8, 4) is 5.75 Å². The first-order chi connectivity index (χ1) is 15.0. The summed E-state index contributed by atoms with van der Waals surface area (Å²) >= 11 is 5.96. The molecule has 1 saturated heterocycles. The average Bonchev–Trinajstić information content (AvgIpc) is 2.78. The van der Waals surface area contributed by atoms with Crippen molar-refractivity contribution in [1.82, 2.24) is 4.90 Å². The highest BCUT2D eigenvalue weighted by atomic mass is 35.5. The molecule has 0 bridgehead atoms. The predicted molar refractivity (Wildman–Crippen MR) is 122 cm³/mol. The van der Waals surface area contributed by atoms with Crippen LogP contribution in [0.4, 0.5) is 11.4 Å². The van der Waals surface area contributed by atoms with Crippen LogP contribution in [-0.2, 0) is 14.3 Å².